The van der Waals surface area contributed by atoms with E-state index < -0.39 is 5.82 Å². The second-order valence-corrected chi connectivity index (χ2v) is 9.55. The first-order valence-corrected chi connectivity index (χ1v) is 12.2. The van der Waals surface area contributed by atoms with Gasteiger partial charge in [-0.2, -0.15) is 0 Å². The van der Waals surface area contributed by atoms with E-state index in [-0.39, 0.29) is 18.4 Å². The number of pyridine rings is 1. The highest BCUT2D eigenvalue weighted by atomic mass is 19.1. The lowest BCUT2D eigenvalue weighted by molar-refractivity contribution is 0.0951. The van der Waals surface area contributed by atoms with E-state index in [9.17, 15) is 9.18 Å². The third-order valence-electron chi connectivity index (χ3n) is 7.27. The van der Waals surface area contributed by atoms with Gasteiger partial charge in [-0.05, 0) is 79.1 Å². The molecule has 0 fully saturated rings. The van der Waals surface area contributed by atoms with Crippen LogP contribution in [0, 0.1) is 19.7 Å². The molecule has 7 rings (SSSR count). The predicted octanol–water partition coefficient (Wildman–Crippen LogP) is 6.24. The highest BCUT2D eigenvalue weighted by molar-refractivity contribution is 6.26. The van der Waals surface area contributed by atoms with E-state index in [2.05, 4.69) is 10.3 Å². The van der Waals surface area contributed by atoms with Crippen molar-refractivity contribution in [2.75, 3.05) is 12.5 Å². The maximum absolute atomic E-state index is 14.1. The summed E-state index contributed by atoms with van der Waals surface area (Å²) in [6, 6.07) is 16.4. The number of aryl methyl sites for hydroxylation is 2. The Morgan fingerprint density at radius 1 is 0.947 bits per heavy atom. The first-order valence-electron chi connectivity index (χ1n) is 12.2. The van der Waals surface area contributed by atoms with Crippen molar-refractivity contribution >= 4 is 44.4 Å². The molecule has 6 aromatic rings. The number of carbonyl (C=O) groups excluding carboxylic acids is 1. The molecule has 0 saturated carbocycles. The minimum Gasteiger partial charge on any atom is -0.455 e. The van der Waals surface area contributed by atoms with Gasteiger partial charge in [0.15, 0.2) is 11.6 Å². The van der Waals surface area contributed by atoms with E-state index in [4.69, 9.17) is 19.6 Å². The summed E-state index contributed by atoms with van der Waals surface area (Å²) in [7, 11) is 0. The number of furan rings is 2. The molecule has 0 atom stereocenters. The summed E-state index contributed by atoms with van der Waals surface area (Å²) >= 11 is 0. The number of fused-ring (bicyclic) bond motifs is 9. The smallest absolute Gasteiger partial charge is 0.251 e. The third kappa shape index (κ3) is 3.26. The Morgan fingerprint density at radius 2 is 1.68 bits per heavy atom. The van der Waals surface area contributed by atoms with Gasteiger partial charge in [-0.1, -0.05) is 6.07 Å². The van der Waals surface area contributed by atoms with Crippen molar-refractivity contribution in [1.29, 1.82) is 0 Å². The molecule has 0 radical (unpaired) electrons. The van der Waals surface area contributed by atoms with Crippen molar-refractivity contribution in [3.8, 4) is 22.6 Å². The molecule has 8 heteroatoms. The minimum absolute atomic E-state index is 0.0151. The van der Waals surface area contributed by atoms with Crippen molar-refractivity contribution in [2.24, 2.45) is 0 Å². The molecule has 188 valence electrons. The third-order valence-corrected chi connectivity index (χ3v) is 7.27. The van der Waals surface area contributed by atoms with Crippen LogP contribution in [0.3, 0.4) is 0 Å². The Hall–Kier alpha value is -4.85. The molecule has 2 bridgehead atoms. The van der Waals surface area contributed by atoms with Gasteiger partial charge in [0.1, 0.15) is 17.0 Å². The van der Waals surface area contributed by atoms with Crippen LogP contribution in [0.1, 0.15) is 27.2 Å². The van der Waals surface area contributed by atoms with Gasteiger partial charge in [0, 0.05) is 44.9 Å². The first kappa shape index (κ1) is 22.4. The number of nitrogen functional groups attached to an aromatic ring is 1. The monoisotopic (exact) mass is 507 g/mol. The van der Waals surface area contributed by atoms with Gasteiger partial charge in [-0.25, -0.2) is 9.37 Å². The molecular weight excluding hydrogens is 485 g/mol. The van der Waals surface area contributed by atoms with Crippen LogP contribution in [0.5, 0.6) is 11.5 Å². The molecule has 0 saturated heterocycles. The van der Waals surface area contributed by atoms with Gasteiger partial charge < -0.3 is 24.9 Å². The fourth-order valence-corrected chi connectivity index (χ4v) is 5.40. The Balaban J connectivity index is 1.25. The van der Waals surface area contributed by atoms with Crippen LogP contribution >= 0.6 is 0 Å². The molecule has 38 heavy (non-hydrogen) atoms. The highest BCUT2D eigenvalue weighted by Gasteiger charge is 2.25. The van der Waals surface area contributed by atoms with Gasteiger partial charge in [0.05, 0.1) is 0 Å². The molecule has 0 spiro atoms. The summed E-state index contributed by atoms with van der Waals surface area (Å²) in [4.78, 5) is 17.4. The summed E-state index contributed by atoms with van der Waals surface area (Å²) < 4.78 is 31.2. The summed E-state index contributed by atoms with van der Waals surface area (Å²) in [6.45, 7) is 4.17. The normalized spacial score (nSPS) is 12.7. The number of halogens is 1. The Kier molecular flexibility index (Phi) is 4.75. The van der Waals surface area contributed by atoms with E-state index in [1.165, 1.54) is 6.07 Å². The van der Waals surface area contributed by atoms with Crippen LogP contribution in [-0.2, 0) is 6.54 Å². The number of nitrogens with two attached hydrogens (primary N) is 1. The van der Waals surface area contributed by atoms with Gasteiger partial charge in [-0.3, -0.25) is 4.79 Å². The van der Waals surface area contributed by atoms with Crippen molar-refractivity contribution < 1.29 is 23.1 Å². The van der Waals surface area contributed by atoms with Crippen LogP contribution < -0.4 is 20.5 Å². The predicted molar refractivity (Wildman–Crippen MR) is 143 cm³/mol. The van der Waals surface area contributed by atoms with Crippen LogP contribution in [0.4, 0.5) is 10.2 Å². The number of carbonyl (C=O) groups is 1. The van der Waals surface area contributed by atoms with Gasteiger partial charge in [-0.15, -0.1) is 0 Å². The lowest BCUT2D eigenvalue weighted by atomic mass is 9.97. The first-order chi connectivity index (χ1) is 18.4. The number of ether oxygens (including phenoxy) is 2. The minimum atomic E-state index is -0.451. The lowest BCUT2D eigenvalue weighted by Gasteiger charge is -2.12. The summed E-state index contributed by atoms with van der Waals surface area (Å²) in [5, 5.41) is 6.70. The number of hydrogen-bond donors (Lipinski definition) is 2. The zero-order valence-electron chi connectivity index (χ0n) is 20.6. The van der Waals surface area contributed by atoms with E-state index in [0.717, 1.165) is 55.1 Å². The standard InChI is InChI=1S/C30H22FN3O4/c1-14-9-25(32)34-15(2)23(14)12-33-30(35)17-4-6-20-22(11-17)27-21-10-16(3-5-19(21)26(20)38-27)18-7-8-24(31)29-28(18)36-13-37-29/h3-11H,12-13H2,1-2H3,(H2,32,34)(H,33,35). The molecule has 1 aliphatic heterocycles. The Bertz CT molecular complexity index is 1900. The van der Waals surface area contributed by atoms with Crippen molar-refractivity contribution in [2.45, 2.75) is 20.4 Å². The molecule has 1 amide bonds. The number of anilines is 1. The Labute approximate surface area is 216 Å². The van der Waals surface area contributed by atoms with E-state index in [1.54, 1.807) is 18.2 Å². The molecule has 4 heterocycles. The average molecular weight is 508 g/mol. The van der Waals surface area contributed by atoms with Crippen LogP contribution in [0.2, 0.25) is 0 Å². The second-order valence-electron chi connectivity index (χ2n) is 9.55. The largest absolute Gasteiger partial charge is 0.455 e. The molecule has 0 aliphatic carbocycles. The Morgan fingerprint density at radius 3 is 2.50 bits per heavy atom. The zero-order chi connectivity index (χ0) is 26.1. The average Bonchev–Trinajstić information content (AvgIpc) is 3.63. The number of hydrogen-bond acceptors (Lipinski definition) is 6. The second kappa shape index (κ2) is 8.08. The fraction of sp³-hybridized carbons (Fsp3) is 0.133. The van der Waals surface area contributed by atoms with Crippen LogP contribution in [0.25, 0.3) is 43.8 Å². The maximum atomic E-state index is 14.1. The number of nitrogens with zero attached hydrogens (tertiary/aromatic N) is 1. The van der Waals surface area contributed by atoms with Gasteiger partial charge >= 0.3 is 0 Å². The molecule has 3 N–H and O–H groups in total. The van der Waals surface area contributed by atoms with E-state index in [1.807, 2.05) is 44.2 Å². The topological polar surface area (TPSA) is 99.6 Å². The number of rotatable bonds is 4. The molecule has 3 aromatic heterocycles. The van der Waals surface area contributed by atoms with E-state index in [0.29, 0.717) is 29.3 Å². The quantitative estimate of drug-likeness (QED) is 0.274. The molecule has 1 aliphatic rings. The maximum Gasteiger partial charge on any atom is 0.251 e. The molecule has 3 aromatic carbocycles. The van der Waals surface area contributed by atoms with Gasteiger partial charge in [0.25, 0.3) is 5.91 Å². The van der Waals surface area contributed by atoms with Crippen molar-refractivity contribution in [3.63, 3.8) is 0 Å². The van der Waals surface area contributed by atoms with Crippen LogP contribution in [0.15, 0.2) is 59.0 Å². The molecule has 0 unspecified atom stereocenters. The lowest BCUT2D eigenvalue weighted by Crippen LogP contribution is -2.24. The van der Waals surface area contributed by atoms with Crippen LogP contribution in [-0.4, -0.2) is 17.7 Å². The number of benzene rings is 4. The molecular formula is C30H22FN3O4. The summed E-state index contributed by atoms with van der Waals surface area (Å²) in [5.41, 5.74) is 12.2. The summed E-state index contributed by atoms with van der Waals surface area (Å²) in [6.07, 6.45) is 0. The summed E-state index contributed by atoms with van der Waals surface area (Å²) in [5.74, 6) is 0.348. The fourth-order valence-electron chi connectivity index (χ4n) is 5.40. The van der Waals surface area contributed by atoms with E-state index >= 15 is 0 Å². The van der Waals surface area contributed by atoms with Crippen molar-refractivity contribution in [1.82, 2.24) is 10.3 Å². The number of aromatic nitrogens is 1. The number of amides is 1. The molecule has 7 nitrogen and oxygen atoms in total. The van der Waals surface area contributed by atoms with Crippen molar-refractivity contribution in [3.05, 3.63) is 82.8 Å². The SMILES string of the molecule is Cc1cc(N)nc(C)c1CNC(=O)c1ccc2c(c1)c1oc2c2ccc(-c3ccc(F)c4c3OCO4)cc21. The van der Waals surface area contributed by atoms with Gasteiger partial charge in [0.2, 0.25) is 12.5 Å². The number of nitrogens with one attached hydrogen (secondary N) is 1. The zero-order valence-corrected chi connectivity index (χ0v) is 20.6. The highest BCUT2D eigenvalue weighted by Crippen LogP contribution is 2.46.